The van der Waals surface area contributed by atoms with E-state index in [-0.39, 0.29) is 18.3 Å². The van der Waals surface area contributed by atoms with Crippen molar-refractivity contribution in [1.29, 1.82) is 0 Å². The second-order valence-electron chi connectivity index (χ2n) is 9.39. The van der Waals surface area contributed by atoms with Crippen LogP contribution in [0.1, 0.15) is 32.3 Å². The molecule has 2 atom stereocenters. The molecule has 1 aliphatic heterocycles. The average molecular weight is 486 g/mol. The summed E-state index contributed by atoms with van der Waals surface area (Å²) in [4.78, 5) is 2.12. The number of rotatable bonds is 9. The minimum Gasteiger partial charge on any atom is -0.434 e. The van der Waals surface area contributed by atoms with E-state index in [4.69, 9.17) is 9.84 Å². The smallest absolute Gasteiger partial charge is 0.387 e. The van der Waals surface area contributed by atoms with Crippen molar-refractivity contribution in [3.05, 3.63) is 60.2 Å². The van der Waals surface area contributed by atoms with Gasteiger partial charge in [-0.1, -0.05) is 42.5 Å². The predicted molar refractivity (Wildman–Crippen MR) is 131 cm³/mol. The van der Waals surface area contributed by atoms with E-state index >= 15 is 0 Å². The Balaban J connectivity index is 1.61. The van der Waals surface area contributed by atoms with Crippen molar-refractivity contribution in [3.63, 3.8) is 0 Å². The topological polar surface area (TPSA) is 70.8 Å². The highest BCUT2D eigenvalue weighted by Gasteiger charge is 2.34. The lowest BCUT2D eigenvalue weighted by molar-refractivity contribution is -0.0702. The Morgan fingerprint density at radius 3 is 2.60 bits per heavy atom. The minimum atomic E-state index is -2.94. The van der Waals surface area contributed by atoms with Crippen LogP contribution in [0.25, 0.3) is 22.5 Å². The number of aliphatic hydroxyl groups excluding tert-OH is 1. The first-order chi connectivity index (χ1) is 16.8. The van der Waals surface area contributed by atoms with Crippen LogP contribution < -0.4 is 4.74 Å². The van der Waals surface area contributed by atoms with Gasteiger partial charge in [0.05, 0.1) is 23.6 Å². The number of aromatic nitrogens is 2. The molecule has 2 N–H and O–H groups in total. The van der Waals surface area contributed by atoms with Gasteiger partial charge in [-0.2, -0.15) is 13.9 Å². The number of aliphatic hydroxyl groups is 2. The third-order valence-electron chi connectivity index (χ3n) is 6.83. The Bertz CT molecular complexity index is 1120. The third-order valence-corrected chi connectivity index (χ3v) is 6.83. The fraction of sp³-hybridized carbons (Fsp3) is 0.444. The Kier molecular flexibility index (Phi) is 7.84. The van der Waals surface area contributed by atoms with Gasteiger partial charge in [0.15, 0.2) is 0 Å². The molecule has 1 aliphatic rings. The lowest BCUT2D eigenvalue weighted by Gasteiger charge is -2.39. The molecule has 1 saturated heterocycles. The summed E-state index contributed by atoms with van der Waals surface area (Å²) in [5.74, 6) is 0.0373. The number of halogens is 2. The first-order valence-corrected chi connectivity index (χ1v) is 12.1. The Hall–Kier alpha value is -2.81. The van der Waals surface area contributed by atoms with E-state index in [9.17, 15) is 19.0 Å². The molecule has 2 heterocycles. The lowest BCUT2D eigenvalue weighted by Crippen LogP contribution is -2.47. The van der Waals surface area contributed by atoms with Crippen molar-refractivity contribution in [2.24, 2.45) is 5.92 Å². The molecule has 188 valence electrons. The Morgan fingerprint density at radius 1 is 1.14 bits per heavy atom. The zero-order valence-electron chi connectivity index (χ0n) is 20.2. The van der Waals surface area contributed by atoms with Crippen LogP contribution in [0.4, 0.5) is 8.78 Å². The summed E-state index contributed by atoms with van der Waals surface area (Å²) in [5.41, 5.74) is 2.86. The molecule has 6 nitrogen and oxygen atoms in total. The normalized spacial score (nSPS) is 18.5. The first kappa shape index (κ1) is 25.3. The second-order valence-corrected chi connectivity index (χ2v) is 9.39. The maximum atomic E-state index is 13.3. The SMILES string of the molecule is CCn1nc(-c2ccc(CN3CCC[C@H]([C@](C)(O)CO)C3)c(OC(F)F)c2)cc1-c1ccccc1. The predicted octanol–water partition coefficient (Wildman–Crippen LogP) is 4.79. The maximum Gasteiger partial charge on any atom is 0.387 e. The number of piperidine rings is 1. The van der Waals surface area contributed by atoms with Gasteiger partial charge in [0.2, 0.25) is 0 Å². The van der Waals surface area contributed by atoms with E-state index in [0.29, 0.717) is 36.5 Å². The van der Waals surface area contributed by atoms with Crippen molar-refractivity contribution >= 4 is 0 Å². The van der Waals surface area contributed by atoms with Gasteiger partial charge in [-0.25, -0.2) is 0 Å². The van der Waals surface area contributed by atoms with E-state index in [2.05, 4.69) is 4.90 Å². The summed E-state index contributed by atoms with van der Waals surface area (Å²) in [5, 5.41) is 24.7. The van der Waals surface area contributed by atoms with Crippen molar-refractivity contribution in [1.82, 2.24) is 14.7 Å². The van der Waals surface area contributed by atoms with Gasteiger partial charge in [-0.15, -0.1) is 0 Å². The van der Waals surface area contributed by atoms with Crippen LogP contribution in [-0.4, -0.2) is 56.8 Å². The summed E-state index contributed by atoms with van der Waals surface area (Å²) in [6.07, 6.45) is 1.67. The molecule has 0 aliphatic carbocycles. The van der Waals surface area contributed by atoms with Crippen molar-refractivity contribution in [3.8, 4) is 28.3 Å². The molecule has 2 aromatic carbocycles. The first-order valence-electron chi connectivity index (χ1n) is 12.1. The van der Waals surface area contributed by atoms with Gasteiger partial charge >= 0.3 is 6.61 Å². The number of hydrogen-bond acceptors (Lipinski definition) is 5. The highest BCUT2D eigenvalue weighted by atomic mass is 19.3. The summed E-state index contributed by atoms with van der Waals surface area (Å²) in [6, 6.07) is 17.2. The summed E-state index contributed by atoms with van der Waals surface area (Å²) in [7, 11) is 0. The van der Waals surface area contributed by atoms with Crippen LogP contribution in [0.2, 0.25) is 0 Å². The quantitative estimate of drug-likeness (QED) is 0.456. The zero-order chi connectivity index (χ0) is 25.0. The minimum absolute atomic E-state index is 0.0885. The Labute approximate surface area is 204 Å². The monoisotopic (exact) mass is 485 g/mol. The number of benzene rings is 2. The van der Waals surface area contributed by atoms with Gasteiger partial charge in [0.1, 0.15) is 5.75 Å². The fourth-order valence-corrected chi connectivity index (χ4v) is 4.77. The van der Waals surface area contributed by atoms with Crippen molar-refractivity contribution in [2.45, 2.75) is 52.0 Å². The van der Waals surface area contributed by atoms with Crippen molar-refractivity contribution in [2.75, 3.05) is 19.7 Å². The van der Waals surface area contributed by atoms with Gasteiger partial charge in [0.25, 0.3) is 0 Å². The molecule has 35 heavy (non-hydrogen) atoms. The molecule has 1 fully saturated rings. The molecule has 0 radical (unpaired) electrons. The van der Waals surface area contributed by atoms with Gasteiger partial charge < -0.3 is 14.9 Å². The van der Waals surface area contributed by atoms with Gasteiger partial charge in [-0.3, -0.25) is 9.58 Å². The van der Waals surface area contributed by atoms with Crippen LogP contribution >= 0.6 is 0 Å². The molecule has 0 saturated carbocycles. The molecule has 0 amide bonds. The van der Waals surface area contributed by atoms with Crippen LogP contribution in [-0.2, 0) is 13.1 Å². The molecule has 8 heteroatoms. The molecule has 4 rings (SSSR count). The molecular formula is C27H33F2N3O3. The molecule has 0 unspecified atom stereocenters. The number of aryl methyl sites for hydroxylation is 1. The number of likely N-dealkylation sites (tertiary alicyclic amines) is 1. The van der Waals surface area contributed by atoms with Crippen molar-refractivity contribution < 1.29 is 23.7 Å². The van der Waals surface area contributed by atoms with Crippen LogP contribution in [0, 0.1) is 5.92 Å². The summed E-state index contributed by atoms with van der Waals surface area (Å²) in [6.45, 7) is 2.85. The largest absolute Gasteiger partial charge is 0.434 e. The highest BCUT2D eigenvalue weighted by Crippen LogP contribution is 2.33. The molecular weight excluding hydrogens is 452 g/mol. The number of hydrogen-bond donors (Lipinski definition) is 2. The summed E-state index contributed by atoms with van der Waals surface area (Å²) >= 11 is 0. The second kappa shape index (κ2) is 10.8. The Morgan fingerprint density at radius 2 is 1.91 bits per heavy atom. The molecule has 1 aromatic heterocycles. The molecule has 0 spiro atoms. The number of alkyl halides is 2. The van der Waals surface area contributed by atoms with Crippen LogP contribution in [0.15, 0.2) is 54.6 Å². The van der Waals surface area contributed by atoms with E-state index < -0.39 is 12.2 Å². The van der Waals surface area contributed by atoms with Crippen LogP contribution in [0.3, 0.4) is 0 Å². The highest BCUT2D eigenvalue weighted by molar-refractivity contribution is 5.70. The zero-order valence-corrected chi connectivity index (χ0v) is 20.2. The molecule has 0 bridgehead atoms. The van der Waals surface area contributed by atoms with E-state index in [1.807, 2.05) is 60.1 Å². The average Bonchev–Trinajstić information content (AvgIpc) is 3.30. The number of ether oxygens (including phenoxy) is 1. The fourth-order valence-electron chi connectivity index (χ4n) is 4.77. The lowest BCUT2D eigenvalue weighted by atomic mass is 9.83. The molecule has 3 aromatic rings. The maximum absolute atomic E-state index is 13.3. The van der Waals surface area contributed by atoms with Gasteiger partial charge in [0, 0.05) is 36.7 Å². The standard InChI is InChI=1S/C27H33F2N3O3/c1-3-32-24(19-8-5-4-6-9-19)15-23(30-32)20-11-12-21(25(14-20)35-26(28)29)16-31-13-7-10-22(17-31)27(2,34)18-33/h4-6,8-9,11-12,14-15,22,26,33-34H,3,7,10,13,16-18H2,1-2H3/t22-,27+/m0/s1. The van der Waals surface area contributed by atoms with E-state index in [1.165, 1.54) is 0 Å². The third kappa shape index (κ3) is 5.89. The summed E-state index contributed by atoms with van der Waals surface area (Å²) < 4.78 is 33.4. The van der Waals surface area contributed by atoms with E-state index in [0.717, 1.165) is 30.6 Å². The van der Waals surface area contributed by atoms with E-state index in [1.54, 1.807) is 13.0 Å². The van der Waals surface area contributed by atoms with Gasteiger partial charge in [-0.05, 0) is 50.9 Å². The number of nitrogens with zero attached hydrogens (tertiary/aromatic N) is 3. The van der Waals surface area contributed by atoms with Crippen LogP contribution in [0.5, 0.6) is 5.75 Å².